The molecule has 0 saturated heterocycles. The first kappa shape index (κ1) is 15.4. The number of Topliss-reactive ketones (excluding diaryl/α,β-unsaturated/α-hetero) is 1. The standard InChI is InChI=1S/C23H19NO/c25-23(18-11-5-2-6-12-18)15-20(17-9-3-1-4-10-17)21-16-24-22-14-8-7-13-19(21)22/h1-14,16,20,24H,15H2/t20-/m0/s1. The van der Waals surface area contributed by atoms with Gasteiger partial charge in [0.15, 0.2) is 5.78 Å². The van der Waals surface area contributed by atoms with Crippen molar-refractivity contribution < 1.29 is 4.79 Å². The summed E-state index contributed by atoms with van der Waals surface area (Å²) in [5.74, 6) is 0.199. The summed E-state index contributed by atoms with van der Waals surface area (Å²) in [6.45, 7) is 0. The second kappa shape index (κ2) is 6.78. The Bertz CT molecular complexity index is 986. The molecule has 0 amide bonds. The van der Waals surface area contributed by atoms with E-state index < -0.39 is 0 Å². The molecule has 0 fully saturated rings. The Morgan fingerprint density at radius 2 is 1.44 bits per heavy atom. The molecule has 4 rings (SSSR count). The zero-order valence-corrected chi connectivity index (χ0v) is 13.9. The topological polar surface area (TPSA) is 32.9 Å². The SMILES string of the molecule is O=C(C[C@@H](c1ccccc1)c1c[nH]c2ccccc12)c1ccccc1. The smallest absolute Gasteiger partial charge is 0.163 e. The molecule has 2 nitrogen and oxygen atoms in total. The number of hydrogen-bond donors (Lipinski definition) is 1. The number of aromatic nitrogens is 1. The molecule has 0 aliphatic heterocycles. The Morgan fingerprint density at radius 3 is 2.20 bits per heavy atom. The molecule has 0 radical (unpaired) electrons. The monoisotopic (exact) mass is 325 g/mol. The third-order valence-corrected chi connectivity index (χ3v) is 4.68. The highest BCUT2D eigenvalue weighted by atomic mass is 16.1. The Morgan fingerprint density at radius 1 is 0.800 bits per heavy atom. The normalized spacial score (nSPS) is 12.2. The summed E-state index contributed by atoms with van der Waals surface area (Å²) in [5.41, 5.74) is 4.21. The number of nitrogens with one attached hydrogen (secondary N) is 1. The molecule has 1 atom stereocenters. The van der Waals surface area contributed by atoms with Gasteiger partial charge in [0.05, 0.1) is 0 Å². The van der Waals surface area contributed by atoms with E-state index in [2.05, 4.69) is 29.2 Å². The molecule has 1 aromatic heterocycles. The molecule has 122 valence electrons. The third kappa shape index (κ3) is 3.11. The Labute approximate surface area is 147 Å². The minimum atomic E-state index is 0.0325. The number of aromatic amines is 1. The van der Waals surface area contributed by atoms with Gasteiger partial charge in [-0.25, -0.2) is 0 Å². The lowest BCUT2D eigenvalue weighted by molar-refractivity contribution is 0.0978. The number of carbonyl (C=O) groups is 1. The van der Waals surface area contributed by atoms with Gasteiger partial charge in [0.1, 0.15) is 0 Å². The van der Waals surface area contributed by atoms with Crippen LogP contribution in [0.25, 0.3) is 10.9 Å². The number of fused-ring (bicyclic) bond motifs is 1. The fourth-order valence-electron chi connectivity index (χ4n) is 3.40. The summed E-state index contributed by atoms with van der Waals surface area (Å²) in [6.07, 6.45) is 2.50. The van der Waals surface area contributed by atoms with Crippen LogP contribution in [0, 0.1) is 0 Å². The molecule has 0 aliphatic rings. The van der Waals surface area contributed by atoms with E-state index in [1.807, 2.05) is 66.9 Å². The van der Waals surface area contributed by atoms with E-state index in [1.165, 1.54) is 10.9 Å². The highest BCUT2D eigenvalue weighted by Crippen LogP contribution is 2.34. The van der Waals surface area contributed by atoms with E-state index in [9.17, 15) is 4.79 Å². The van der Waals surface area contributed by atoms with E-state index in [0.29, 0.717) is 6.42 Å². The molecular formula is C23H19NO. The number of hydrogen-bond acceptors (Lipinski definition) is 1. The van der Waals surface area contributed by atoms with Crippen LogP contribution in [-0.2, 0) is 0 Å². The minimum Gasteiger partial charge on any atom is -0.361 e. The quantitative estimate of drug-likeness (QED) is 0.478. The van der Waals surface area contributed by atoms with Crippen molar-refractivity contribution >= 4 is 16.7 Å². The van der Waals surface area contributed by atoms with Crippen molar-refractivity contribution in [3.8, 4) is 0 Å². The van der Waals surface area contributed by atoms with Crippen LogP contribution < -0.4 is 0 Å². The molecule has 0 saturated carbocycles. The number of ketones is 1. The summed E-state index contributed by atoms with van der Waals surface area (Å²) in [5, 5.41) is 1.18. The average Bonchev–Trinajstić information content (AvgIpc) is 3.11. The lowest BCUT2D eigenvalue weighted by Gasteiger charge is -2.17. The Hall–Kier alpha value is -3.13. The van der Waals surface area contributed by atoms with E-state index in [1.54, 1.807) is 0 Å². The minimum absolute atomic E-state index is 0.0325. The van der Waals surface area contributed by atoms with Gasteiger partial charge in [-0.05, 0) is 17.2 Å². The number of para-hydroxylation sites is 1. The molecule has 1 heterocycles. The van der Waals surface area contributed by atoms with Gasteiger partial charge < -0.3 is 4.98 Å². The van der Waals surface area contributed by atoms with Crippen LogP contribution in [0.2, 0.25) is 0 Å². The van der Waals surface area contributed by atoms with Gasteiger partial charge in [0.2, 0.25) is 0 Å². The average molecular weight is 325 g/mol. The first-order valence-electron chi connectivity index (χ1n) is 8.52. The van der Waals surface area contributed by atoms with E-state index >= 15 is 0 Å². The third-order valence-electron chi connectivity index (χ3n) is 4.68. The number of rotatable bonds is 5. The number of H-pyrrole nitrogens is 1. The van der Waals surface area contributed by atoms with Crippen LogP contribution >= 0.6 is 0 Å². The molecule has 0 aliphatic carbocycles. The van der Waals surface area contributed by atoms with Crippen molar-refractivity contribution in [1.82, 2.24) is 4.98 Å². The van der Waals surface area contributed by atoms with Crippen LogP contribution in [-0.4, -0.2) is 10.8 Å². The molecule has 0 bridgehead atoms. The van der Waals surface area contributed by atoms with Gasteiger partial charge in [-0.15, -0.1) is 0 Å². The van der Waals surface area contributed by atoms with Crippen molar-refractivity contribution in [3.63, 3.8) is 0 Å². The predicted octanol–water partition coefficient (Wildman–Crippen LogP) is 5.57. The van der Waals surface area contributed by atoms with E-state index in [-0.39, 0.29) is 11.7 Å². The second-order valence-electron chi connectivity index (χ2n) is 6.25. The Kier molecular flexibility index (Phi) is 4.17. The summed E-state index contributed by atoms with van der Waals surface area (Å²) in [4.78, 5) is 16.2. The predicted molar refractivity (Wildman–Crippen MR) is 102 cm³/mol. The van der Waals surface area contributed by atoms with E-state index in [0.717, 1.165) is 16.6 Å². The molecule has 3 aromatic carbocycles. The van der Waals surface area contributed by atoms with Gasteiger partial charge in [-0.2, -0.15) is 0 Å². The maximum Gasteiger partial charge on any atom is 0.163 e. The van der Waals surface area contributed by atoms with Gasteiger partial charge in [-0.1, -0.05) is 78.9 Å². The van der Waals surface area contributed by atoms with Crippen molar-refractivity contribution in [3.05, 3.63) is 108 Å². The molecular weight excluding hydrogens is 306 g/mol. The van der Waals surface area contributed by atoms with Crippen LogP contribution in [0.5, 0.6) is 0 Å². The molecule has 0 unspecified atom stereocenters. The largest absolute Gasteiger partial charge is 0.361 e. The van der Waals surface area contributed by atoms with Crippen molar-refractivity contribution in [2.24, 2.45) is 0 Å². The molecule has 1 N–H and O–H groups in total. The van der Waals surface area contributed by atoms with Gasteiger partial charge in [0.25, 0.3) is 0 Å². The molecule has 2 heteroatoms. The lowest BCUT2D eigenvalue weighted by Crippen LogP contribution is -2.09. The fourth-order valence-corrected chi connectivity index (χ4v) is 3.40. The van der Waals surface area contributed by atoms with Crippen molar-refractivity contribution in [2.75, 3.05) is 0 Å². The van der Waals surface area contributed by atoms with Crippen LogP contribution in [0.3, 0.4) is 0 Å². The highest BCUT2D eigenvalue weighted by Gasteiger charge is 2.21. The van der Waals surface area contributed by atoms with Crippen molar-refractivity contribution in [2.45, 2.75) is 12.3 Å². The summed E-state index contributed by atoms with van der Waals surface area (Å²) < 4.78 is 0. The van der Waals surface area contributed by atoms with Crippen LogP contribution in [0.1, 0.15) is 33.8 Å². The first-order chi connectivity index (χ1) is 12.3. The molecule has 4 aromatic rings. The lowest BCUT2D eigenvalue weighted by atomic mass is 9.85. The summed E-state index contributed by atoms with van der Waals surface area (Å²) >= 11 is 0. The van der Waals surface area contributed by atoms with E-state index in [4.69, 9.17) is 0 Å². The zero-order chi connectivity index (χ0) is 17.1. The summed E-state index contributed by atoms with van der Waals surface area (Å²) in [7, 11) is 0. The summed E-state index contributed by atoms with van der Waals surface area (Å²) in [6, 6.07) is 28.1. The van der Waals surface area contributed by atoms with Crippen molar-refractivity contribution in [1.29, 1.82) is 0 Å². The maximum absolute atomic E-state index is 12.8. The number of carbonyl (C=O) groups excluding carboxylic acids is 1. The second-order valence-corrected chi connectivity index (χ2v) is 6.25. The van der Waals surface area contributed by atoms with Crippen LogP contribution in [0.4, 0.5) is 0 Å². The number of benzene rings is 3. The van der Waals surface area contributed by atoms with Crippen LogP contribution in [0.15, 0.2) is 91.1 Å². The highest BCUT2D eigenvalue weighted by molar-refractivity contribution is 5.97. The zero-order valence-electron chi connectivity index (χ0n) is 13.9. The maximum atomic E-state index is 12.8. The van der Waals surface area contributed by atoms with Gasteiger partial charge in [0, 0.05) is 35.0 Å². The molecule has 25 heavy (non-hydrogen) atoms. The van der Waals surface area contributed by atoms with Gasteiger partial charge in [-0.3, -0.25) is 4.79 Å². The fraction of sp³-hybridized carbons (Fsp3) is 0.0870. The van der Waals surface area contributed by atoms with Gasteiger partial charge >= 0.3 is 0 Å². The molecule has 0 spiro atoms. The Balaban J connectivity index is 1.76. The first-order valence-corrected chi connectivity index (χ1v) is 8.52.